The summed E-state index contributed by atoms with van der Waals surface area (Å²) in [5.74, 6) is -0.323. The number of carbonyl (C=O) groups is 1. The Morgan fingerprint density at radius 1 is 1.22 bits per heavy atom. The molecule has 0 radical (unpaired) electrons. The summed E-state index contributed by atoms with van der Waals surface area (Å²) in [6, 6.07) is 0. The Hall–Kier alpha value is 0.830. The van der Waals surface area contributed by atoms with Crippen molar-refractivity contribution in [2.45, 2.75) is 15.1 Å². The zero-order chi connectivity index (χ0) is 7.28. The molecule has 1 aliphatic carbocycles. The number of carbonyl (C=O) groups excluding carboxylic acids is 1. The molecule has 0 aliphatic heterocycles. The van der Waals surface area contributed by atoms with Gasteiger partial charge in [-0.1, -0.05) is 46.4 Å². The van der Waals surface area contributed by atoms with E-state index in [1.807, 2.05) is 0 Å². The molecule has 0 aromatic rings. The van der Waals surface area contributed by atoms with Crippen LogP contribution in [0.1, 0.15) is 6.42 Å². The van der Waals surface area contributed by atoms with Gasteiger partial charge in [-0.3, -0.25) is 4.79 Å². The molecule has 0 heterocycles. The van der Waals surface area contributed by atoms with Gasteiger partial charge in [-0.2, -0.15) is 0 Å². The van der Waals surface area contributed by atoms with E-state index in [0.29, 0.717) is 0 Å². The maximum Gasteiger partial charge on any atom is 0.208 e. The van der Waals surface area contributed by atoms with Crippen LogP contribution in [-0.2, 0) is 4.79 Å². The Morgan fingerprint density at radius 3 is 1.67 bits per heavy atom. The van der Waals surface area contributed by atoms with Crippen molar-refractivity contribution in [1.29, 1.82) is 0 Å². The lowest BCUT2D eigenvalue weighted by Gasteiger charge is -2.40. The van der Waals surface area contributed by atoms with Crippen molar-refractivity contribution < 1.29 is 4.79 Å². The van der Waals surface area contributed by atoms with E-state index in [4.69, 9.17) is 46.4 Å². The first-order chi connectivity index (χ1) is 3.88. The fourth-order valence-electron chi connectivity index (χ4n) is 0.521. The third-order valence-electron chi connectivity index (χ3n) is 1.19. The first-order valence-electron chi connectivity index (χ1n) is 2.17. The lowest BCUT2D eigenvalue weighted by molar-refractivity contribution is -0.124. The second-order valence-electron chi connectivity index (χ2n) is 1.88. The van der Waals surface area contributed by atoms with Crippen LogP contribution >= 0.6 is 46.4 Å². The number of rotatable bonds is 0. The Kier molecular flexibility index (Phi) is 1.68. The summed E-state index contributed by atoms with van der Waals surface area (Å²) in [5, 5.41) is 0. The van der Waals surface area contributed by atoms with Gasteiger partial charge in [0.1, 0.15) is 0 Å². The minimum atomic E-state index is -1.59. The molecule has 9 heavy (non-hydrogen) atoms. The molecule has 0 N–H and O–H groups in total. The molecular formula is C4H2Cl4O. The molecule has 5 heteroatoms. The highest BCUT2D eigenvalue weighted by Crippen LogP contribution is 2.54. The van der Waals surface area contributed by atoms with Crippen LogP contribution in [0.4, 0.5) is 0 Å². The largest absolute Gasteiger partial charge is 0.296 e. The molecule has 52 valence electrons. The van der Waals surface area contributed by atoms with Crippen molar-refractivity contribution in [2.75, 3.05) is 0 Å². The van der Waals surface area contributed by atoms with Crippen LogP contribution in [0.15, 0.2) is 0 Å². The van der Waals surface area contributed by atoms with Gasteiger partial charge in [0, 0.05) is 6.42 Å². The van der Waals surface area contributed by atoms with Crippen LogP contribution in [0.2, 0.25) is 0 Å². The number of halogens is 4. The molecule has 1 nitrogen and oxygen atoms in total. The Labute approximate surface area is 72.2 Å². The lowest BCUT2D eigenvalue weighted by Crippen LogP contribution is -2.56. The topological polar surface area (TPSA) is 17.1 Å². The van der Waals surface area contributed by atoms with Crippen molar-refractivity contribution in [3.8, 4) is 0 Å². The smallest absolute Gasteiger partial charge is 0.208 e. The van der Waals surface area contributed by atoms with E-state index in [1.165, 1.54) is 0 Å². The van der Waals surface area contributed by atoms with Crippen molar-refractivity contribution in [2.24, 2.45) is 0 Å². The average Bonchev–Trinajstić information content (AvgIpc) is 1.65. The van der Waals surface area contributed by atoms with E-state index in [1.54, 1.807) is 0 Å². The molecule has 0 saturated heterocycles. The van der Waals surface area contributed by atoms with Gasteiger partial charge >= 0.3 is 0 Å². The van der Waals surface area contributed by atoms with Gasteiger partial charge in [-0.15, -0.1) is 0 Å². The second-order valence-corrected chi connectivity index (χ2v) is 4.69. The highest BCUT2D eigenvalue weighted by Gasteiger charge is 2.63. The lowest BCUT2D eigenvalue weighted by atomic mass is 9.95. The third kappa shape index (κ3) is 0.949. The first-order valence-corrected chi connectivity index (χ1v) is 3.68. The first kappa shape index (κ1) is 7.93. The highest BCUT2D eigenvalue weighted by atomic mass is 35.5. The van der Waals surface area contributed by atoms with Gasteiger partial charge in [0.25, 0.3) is 0 Å². The number of hydrogen-bond donors (Lipinski definition) is 0. The van der Waals surface area contributed by atoms with Crippen molar-refractivity contribution in [3.05, 3.63) is 0 Å². The number of hydrogen-bond acceptors (Lipinski definition) is 1. The number of alkyl halides is 4. The highest BCUT2D eigenvalue weighted by molar-refractivity contribution is 6.73. The molecule has 0 bridgehead atoms. The maximum absolute atomic E-state index is 10.5. The summed E-state index contributed by atoms with van der Waals surface area (Å²) in [5.41, 5.74) is 0. The number of ketones is 1. The van der Waals surface area contributed by atoms with Crippen LogP contribution in [0, 0.1) is 0 Å². The van der Waals surface area contributed by atoms with Crippen LogP contribution in [0.3, 0.4) is 0 Å². The van der Waals surface area contributed by atoms with Crippen LogP contribution in [0.25, 0.3) is 0 Å². The van der Waals surface area contributed by atoms with E-state index in [2.05, 4.69) is 0 Å². The van der Waals surface area contributed by atoms with E-state index < -0.39 is 8.67 Å². The molecule has 0 atom stereocenters. The third-order valence-corrected chi connectivity index (χ3v) is 3.48. The molecule has 1 rings (SSSR count). The van der Waals surface area contributed by atoms with Crippen LogP contribution in [0.5, 0.6) is 0 Å². The normalized spacial score (nSPS) is 29.6. The van der Waals surface area contributed by atoms with E-state index in [9.17, 15) is 4.79 Å². The fourth-order valence-corrected chi connectivity index (χ4v) is 1.24. The minimum absolute atomic E-state index is 0.0309. The van der Waals surface area contributed by atoms with E-state index >= 15 is 0 Å². The van der Waals surface area contributed by atoms with Crippen molar-refractivity contribution in [3.63, 3.8) is 0 Å². The summed E-state index contributed by atoms with van der Waals surface area (Å²) in [7, 11) is 0. The molecule has 1 fully saturated rings. The minimum Gasteiger partial charge on any atom is -0.296 e. The SMILES string of the molecule is O=C1CC(Cl)(Cl)C1(Cl)Cl. The standard InChI is InChI=1S/C4H2Cl4O/c5-3(6)1-2(9)4(3,7)8/h1H2. The molecule has 1 aliphatic rings. The van der Waals surface area contributed by atoms with Gasteiger partial charge in [0.15, 0.2) is 10.1 Å². The predicted octanol–water partition coefficient (Wildman–Crippen LogP) is 2.31. The molecule has 0 aromatic carbocycles. The second kappa shape index (κ2) is 1.91. The summed E-state index contributed by atoms with van der Waals surface area (Å²) in [6.07, 6.45) is 0.0309. The van der Waals surface area contributed by atoms with Gasteiger partial charge in [0.05, 0.1) is 0 Å². The molecule has 0 amide bonds. The molecular weight excluding hydrogens is 206 g/mol. The molecule has 0 spiro atoms. The van der Waals surface area contributed by atoms with Crippen molar-refractivity contribution >= 4 is 52.2 Å². The molecule has 0 aromatic heterocycles. The maximum atomic E-state index is 10.5. The van der Waals surface area contributed by atoms with E-state index in [-0.39, 0.29) is 12.2 Å². The Morgan fingerprint density at radius 2 is 1.67 bits per heavy atom. The summed E-state index contributed by atoms with van der Waals surface area (Å²) in [4.78, 5) is 10.5. The van der Waals surface area contributed by atoms with E-state index in [0.717, 1.165) is 0 Å². The zero-order valence-electron chi connectivity index (χ0n) is 4.13. The number of Topliss-reactive ketones (excluding diaryl/α,β-unsaturated/α-hetero) is 1. The summed E-state index contributed by atoms with van der Waals surface area (Å²) >= 11 is 21.7. The van der Waals surface area contributed by atoms with Crippen LogP contribution < -0.4 is 0 Å². The Balaban J connectivity index is 2.82. The summed E-state index contributed by atoms with van der Waals surface area (Å²) < 4.78 is -2.87. The van der Waals surface area contributed by atoms with Crippen molar-refractivity contribution in [1.82, 2.24) is 0 Å². The zero-order valence-corrected chi connectivity index (χ0v) is 7.15. The summed E-state index contributed by atoms with van der Waals surface area (Å²) in [6.45, 7) is 0. The fraction of sp³-hybridized carbons (Fsp3) is 0.750. The Bertz CT molecular complexity index is 162. The van der Waals surface area contributed by atoms with Gasteiger partial charge in [0.2, 0.25) is 4.33 Å². The van der Waals surface area contributed by atoms with Gasteiger partial charge in [-0.05, 0) is 0 Å². The monoisotopic (exact) mass is 206 g/mol. The van der Waals surface area contributed by atoms with Gasteiger partial charge < -0.3 is 0 Å². The van der Waals surface area contributed by atoms with Crippen LogP contribution in [-0.4, -0.2) is 14.4 Å². The predicted molar refractivity (Wildman–Crippen MR) is 38.5 cm³/mol. The average molecular weight is 208 g/mol. The molecule has 0 unspecified atom stereocenters. The molecule has 1 saturated carbocycles. The quantitative estimate of drug-likeness (QED) is 0.558. The van der Waals surface area contributed by atoms with Gasteiger partial charge in [-0.25, -0.2) is 0 Å².